The van der Waals surface area contributed by atoms with E-state index in [1.165, 1.54) is 13.3 Å². The average Bonchev–Trinajstić information content (AvgIpc) is 3.55. The minimum absolute atomic E-state index is 0.00348. The second kappa shape index (κ2) is 9.03. The van der Waals surface area contributed by atoms with Gasteiger partial charge in [-0.15, -0.1) is 0 Å². The van der Waals surface area contributed by atoms with E-state index < -0.39 is 0 Å². The Kier molecular flexibility index (Phi) is 6.26. The average molecular weight is 382 g/mol. The van der Waals surface area contributed by atoms with Crippen LogP contribution in [0.3, 0.4) is 0 Å². The smallest absolute Gasteiger partial charge is 0.314 e. The van der Waals surface area contributed by atoms with Crippen LogP contribution in [0.4, 0.5) is 0 Å². The van der Waals surface area contributed by atoms with Crippen molar-refractivity contribution in [1.82, 2.24) is 5.43 Å². The summed E-state index contributed by atoms with van der Waals surface area (Å²) in [4.78, 5) is 23.9. The molecule has 1 N–H and O–H groups in total. The van der Waals surface area contributed by atoms with E-state index >= 15 is 0 Å². The van der Waals surface area contributed by atoms with Crippen molar-refractivity contribution in [3.63, 3.8) is 0 Å². The molecule has 1 amide bonds. The maximum absolute atomic E-state index is 12.1. The van der Waals surface area contributed by atoms with Crippen molar-refractivity contribution in [2.75, 3.05) is 13.7 Å². The quantitative estimate of drug-likeness (QED) is 0.328. The molecule has 2 aromatic rings. The zero-order valence-electron chi connectivity index (χ0n) is 15.8. The van der Waals surface area contributed by atoms with Crippen molar-refractivity contribution in [2.24, 2.45) is 11.0 Å². The maximum Gasteiger partial charge on any atom is 0.314 e. The summed E-state index contributed by atoms with van der Waals surface area (Å²) in [6.07, 6.45) is 3.24. The van der Waals surface area contributed by atoms with Gasteiger partial charge in [0.05, 0.1) is 25.8 Å². The van der Waals surface area contributed by atoms with Crippen molar-refractivity contribution < 1.29 is 23.8 Å². The molecule has 0 aliphatic heterocycles. The van der Waals surface area contributed by atoms with Gasteiger partial charge in [-0.25, -0.2) is 5.43 Å². The molecule has 0 saturated heterocycles. The van der Waals surface area contributed by atoms with Crippen LogP contribution in [0.1, 0.15) is 35.7 Å². The molecule has 146 valence electrons. The highest BCUT2D eigenvalue weighted by molar-refractivity contribution is 5.95. The molecule has 0 atom stereocenters. The summed E-state index contributed by atoms with van der Waals surface area (Å²) in [5.74, 6) is 0.940. The number of ether oxygens (including phenoxy) is 3. The van der Waals surface area contributed by atoms with E-state index in [4.69, 9.17) is 14.2 Å². The number of amides is 1. The predicted molar refractivity (Wildman–Crippen MR) is 104 cm³/mol. The summed E-state index contributed by atoms with van der Waals surface area (Å²) in [5, 5.41) is 3.96. The molecule has 7 nitrogen and oxygen atoms in total. The Morgan fingerprint density at radius 3 is 2.54 bits per heavy atom. The summed E-state index contributed by atoms with van der Waals surface area (Å²) < 4.78 is 16.0. The molecule has 0 heterocycles. The summed E-state index contributed by atoms with van der Waals surface area (Å²) in [5.41, 5.74) is 3.63. The predicted octanol–water partition coefficient (Wildman–Crippen LogP) is 3.17. The van der Waals surface area contributed by atoms with Crippen LogP contribution >= 0.6 is 0 Å². The molecule has 0 unspecified atom stereocenters. The molecule has 1 saturated carbocycles. The van der Waals surface area contributed by atoms with Gasteiger partial charge >= 0.3 is 5.97 Å². The van der Waals surface area contributed by atoms with Gasteiger partial charge in [-0.1, -0.05) is 0 Å². The van der Waals surface area contributed by atoms with Gasteiger partial charge < -0.3 is 14.2 Å². The Balaban J connectivity index is 1.59. The third-order valence-corrected chi connectivity index (χ3v) is 4.12. The number of hydrazone groups is 1. The van der Waals surface area contributed by atoms with Crippen LogP contribution in [0, 0.1) is 5.92 Å². The number of benzene rings is 2. The van der Waals surface area contributed by atoms with E-state index in [0.29, 0.717) is 35.0 Å². The third-order valence-electron chi connectivity index (χ3n) is 4.12. The van der Waals surface area contributed by atoms with Gasteiger partial charge in [0.2, 0.25) is 0 Å². The standard InChI is InChI=1S/C21H22N2O5/c1-3-27-17-9-7-15(8-10-17)20(24)23-22-13-14-4-11-18(19(12-14)26-2)28-21(25)16-5-6-16/h4,7-13,16H,3,5-6H2,1-2H3,(H,23,24)/b22-13-. The lowest BCUT2D eigenvalue weighted by atomic mass is 10.2. The summed E-state index contributed by atoms with van der Waals surface area (Å²) in [6, 6.07) is 11.9. The molecule has 28 heavy (non-hydrogen) atoms. The van der Waals surface area contributed by atoms with Crippen LogP contribution in [0.25, 0.3) is 0 Å². The van der Waals surface area contributed by atoms with Gasteiger partial charge in [-0.05, 0) is 67.8 Å². The Morgan fingerprint density at radius 2 is 1.89 bits per heavy atom. The zero-order valence-corrected chi connectivity index (χ0v) is 15.8. The minimum atomic E-state index is -0.332. The second-order valence-corrected chi connectivity index (χ2v) is 6.26. The summed E-state index contributed by atoms with van der Waals surface area (Å²) in [6.45, 7) is 2.46. The fourth-order valence-electron chi connectivity index (χ4n) is 2.46. The van der Waals surface area contributed by atoms with Crippen LogP contribution in [0.5, 0.6) is 17.2 Å². The van der Waals surface area contributed by atoms with E-state index in [0.717, 1.165) is 12.8 Å². The molecular weight excluding hydrogens is 360 g/mol. The molecule has 0 radical (unpaired) electrons. The number of nitrogens with zero attached hydrogens (tertiary/aromatic N) is 1. The van der Waals surface area contributed by atoms with Crippen LogP contribution in [-0.4, -0.2) is 31.8 Å². The molecular formula is C21H22N2O5. The number of methoxy groups -OCH3 is 1. The minimum Gasteiger partial charge on any atom is -0.494 e. The SMILES string of the molecule is CCOc1ccc(C(=O)N/N=C\c2ccc(OC(=O)C3CC3)c(OC)c2)cc1. The summed E-state index contributed by atoms with van der Waals surface area (Å²) >= 11 is 0. The number of hydrogen-bond donors (Lipinski definition) is 1. The highest BCUT2D eigenvalue weighted by Gasteiger charge is 2.32. The van der Waals surface area contributed by atoms with Crippen molar-refractivity contribution in [3.05, 3.63) is 53.6 Å². The third kappa shape index (κ3) is 5.09. The number of nitrogens with one attached hydrogen (secondary N) is 1. The van der Waals surface area contributed by atoms with Crippen LogP contribution < -0.4 is 19.6 Å². The Labute approximate surface area is 163 Å². The molecule has 1 aliphatic rings. The molecule has 0 spiro atoms. The number of esters is 1. The Hall–Kier alpha value is -3.35. The Bertz CT molecular complexity index is 873. The molecule has 2 aromatic carbocycles. The zero-order chi connectivity index (χ0) is 19.9. The number of carbonyl (C=O) groups excluding carboxylic acids is 2. The van der Waals surface area contributed by atoms with E-state index in [-0.39, 0.29) is 17.8 Å². The van der Waals surface area contributed by atoms with Gasteiger partial charge in [-0.2, -0.15) is 5.10 Å². The highest BCUT2D eigenvalue weighted by atomic mass is 16.6. The lowest BCUT2D eigenvalue weighted by Crippen LogP contribution is -2.17. The van der Waals surface area contributed by atoms with E-state index in [1.54, 1.807) is 42.5 Å². The van der Waals surface area contributed by atoms with Crippen LogP contribution in [-0.2, 0) is 4.79 Å². The molecule has 1 aliphatic carbocycles. The molecule has 0 bridgehead atoms. The van der Waals surface area contributed by atoms with Crippen molar-refractivity contribution >= 4 is 18.1 Å². The maximum atomic E-state index is 12.1. The summed E-state index contributed by atoms with van der Waals surface area (Å²) in [7, 11) is 1.50. The van der Waals surface area contributed by atoms with Gasteiger partial charge in [0.15, 0.2) is 11.5 Å². The van der Waals surface area contributed by atoms with E-state index in [1.807, 2.05) is 6.92 Å². The number of carbonyl (C=O) groups is 2. The van der Waals surface area contributed by atoms with E-state index in [9.17, 15) is 9.59 Å². The molecule has 0 aromatic heterocycles. The fourth-order valence-corrected chi connectivity index (χ4v) is 2.46. The first-order chi connectivity index (χ1) is 13.6. The van der Waals surface area contributed by atoms with Crippen molar-refractivity contribution in [3.8, 4) is 17.2 Å². The fraction of sp³-hybridized carbons (Fsp3) is 0.286. The van der Waals surface area contributed by atoms with Crippen LogP contribution in [0.2, 0.25) is 0 Å². The number of hydrogen-bond acceptors (Lipinski definition) is 6. The van der Waals surface area contributed by atoms with Gasteiger partial charge in [0.1, 0.15) is 5.75 Å². The van der Waals surface area contributed by atoms with Gasteiger partial charge in [0.25, 0.3) is 5.91 Å². The van der Waals surface area contributed by atoms with E-state index in [2.05, 4.69) is 10.5 Å². The lowest BCUT2D eigenvalue weighted by molar-refractivity contribution is -0.135. The van der Waals surface area contributed by atoms with Gasteiger partial charge in [0, 0.05) is 5.56 Å². The topological polar surface area (TPSA) is 86.2 Å². The first kappa shape index (κ1) is 19.4. The Morgan fingerprint density at radius 1 is 1.14 bits per heavy atom. The lowest BCUT2D eigenvalue weighted by Gasteiger charge is -2.09. The van der Waals surface area contributed by atoms with Gasteiger partial charge in [-0.3, -0.25) is 9.59 Å². The molecule has 3 rings (SSSR count). The first-order valence-electron chi connectivity index (χ1n) is 9.06. The molecule has 1 fully saturated rings. The normalized spacial score (nSPS) is 13.2. The largest absolute Gasteiger partial charge is 0.494 e. The second-order valence-electron chi connectivity index (χ2n) is 6.26. The van der Waals surface area contributed by atoms with Crippen molar-refractivity contribution in [2.45, 2.75) is 19.8 Å². The first-order valence-corrected chi connectivity index (χ1v) is 9.06. The van der Waals surface area contributed by atoms with Crippen molar-refractivity contribution in [1.29, 1.82) is 0 Å². The monoisotopic (exact) mass is 382 g/mol. The number of rotatable bonds is 8. The highest BCUT2D eigenvalue weighted by Crippen LogP contribution is 2.34. The van der Waals surface area contributed by atoms with Crippen LogP contribution in [0.15, 0.2) is 47.6 Å². The molecule has 7 heteroatoms.